The first-order valence-electron chi connectivity index (χ1n) is 6.92. The molecule has 0 bridgehead atoms. The molecule has 1 amide bonds. The number of piperidine rings is 1. The van der Waals surface area contributed by atoms with E-state index >= 15 is 0 Å². The maximum Gasteiger partial charge on any atom is 0.254 e. The Hall–Kier alpha value is -0.570. The molecule has 2 rings (SSSR count). The van der Waals surface area contributed by atoms with Crippen LogP contribution in [0.1, 0.15) is 52.4 Å². The quantitative estimate of drug-likeness (QED) is 0.741. The van der Waals surface area contributed by atoms with Gasteiger partial charge >= 0.3 is 0 Å². The molecule has 2 atom stereocenters. The average Bonchev–Trinajstić information content (AvgIpc) is 2.37. The van der Waals surface area contributed by atoms with Crippen LogP contribution in [-0.4, -0.2) is 36.1 Å². The van der Waals surface area contributed by atoms with Crippen molar-refractivity contribution in [3.8, 4) is 0 Å². The molecule has 2 fully saturated rings. The first-order valence-corrected chi connectivity index (χ1v) is 6.92. The van der Waals surface area contributed by atoms with Gasteiger partial charge in [-0.05, 0) is 45.4 Å². The van der Waals surface area contributed by atoms with Gasteiger partial charge in [0.15, 0.2) is 0 Å². The van der Waals surface area contributed by atoms with Gasteiger partial charge in [-0.25, -0.2) is 0 Å². The molecule has 1 heterocycles. The van der Waals surface area contributed by atoms with E-state index < -0.39 is 5.60 Å². The summed E-state index contributed by atoms with van der Waals surface area (Å²) in [6.45, 7) is 4.68. The Morgan fingerprint density at radius 1 is 1.18 bits per heavy atom. The van der Waals surface area contributed by atoms with Gasteiger partial charge in [-0.15, -0.1) is 0 Å². The van der Waals surface area contributed by atoms with Crippen LogP contribution in [0, 0.1) is 5.92 Å². The number of carbonyl (C=O) groups excluding carboxylic acids is 1. The van der Waals surface area contributed by atoms with Crippen LogP contribution in [0.2, 0.25) is 0 Å². The van der Waals surface area contributed by atoms with Gasteiger partial charge in [0.25, 0.3) is 5.91 Å². The Morgan fingerprint density at radius 3 is 2.53 bits per heavy atom. The molecule has 0 N–H and O–H groups in total. The summed E-state index contributed by atoms with van der Waals surface area (Å²) in [5, 5.41) is 0. The number of amides is 1. The van der Waals surface area contributed by atoms with Gasteiger partial charge in [0, 0.05) is 19.7 Å². The van der Waals surface area contributed by atoms with Gasteiger partial charge in [0.2, 0.25) is 0 Å². The van der Waals surface area contributed by atoms with Crippen LogP contribution in [0.4, 0.5) is 0 Å². The summed E-state index contributed by atoms with van der Waals surface area (Å²) < 4.78 is 5.34. The monoisotopic (exact) mass is 239 g/mol. The SMILES string of the molecule is COC(C)(C)C(=O)N1CCCC2CCCCC21. The molecule has 3 heteroatoms. The van der Waals surface area contributed by atoms with Crippen molar-refractivity contribution >= 4 is 5.91 Å². The van der Waals surface area contributed by atoms with E-state index in [2.05, 4.69) is 4.90 Å². The maximum absolute atomic E-state index is 12.5. The number of rotatable bonds is 2. The van der Waals surface area contributed by atoms with Crippen LogP contribution in [0.5, 0.6) is 0 Å². The zero-order valence-corrected chi connectivity index (χ0v) is 11.4. The average molecular weight is 239 g/mol. The molecule has 98 valence electrons. The third-order valence-electron chi connectivity index (χ3n) is 4.53. The number of nitrogens with zero attached hydrogens (tertiary/aromatic N) is 1. The van der Waals surface area contributed by atoms with Crippen molar-refractivity contribution in [2.24, 2.45) is 5.92 Å². The van der Waals surface area contributed by atoms with Gasteiger partial charge < -0.3 is 9.64 Å². The second kappa shape index (κ2) is 4.97. The molecule has 2 unspecified atom stereocenters. The zero-order valence-electron chi connectivity index (χ0n) is 11.4. The van der Waals surface area contributed by atoms with Gasteiger partial charge in [-0.2, -0.15) is 0 Å². The molecule has 0 spiro atoms. The topological polar surface area (TPSA) is 29.5 Å². The third-order valence-corrected chi connectivity index (χ3v) is 4.53. The molecule has 0 aromatic carbocycles. The lowest BCUT2D eigenvalue weighted by Gasteiger charge is -2.46. The molecule has 0 aromatic heterocycles. The predicted octanol–water partition coefficient (Wildman–Crippen LogP) is 2.59. The van der Waals surface area contributed by atoms with Gasteiger partial charge in [-0.1, -0.05) is 12.8 Å². The van der Waals surface area contributed by atoms with E-state index in [9.17, 15) is 4.79 Å². The Bertz CT molecular complexity index is 286. The minimum absolute atomic E-state index is 0.177. The fraction of sp³-hybridized carbons (Fsp3) is 0.929. The van der Waals surface area contributed by atoms with E-state index in [1.807, 2.05) is 13.8 Å². The molecular formula is C14H25NO2. The fourth-order valence-corrected chi connectivity index (χ4v) is 3.31. The van der Waals surface area contributed by atoms with Crippen molar-refractivity contribution < 1.29 is 9.53 Å². The van der Waals surface area contributed by atoms with E-state index in [0.29, 0.717) is 6.04 Å². The number of methoxy groups -OCH3 is 1. The molecule has 17 heavy (non-hydrogen) atoms. The molecule has 1 aliphatic carbocycles. The summed E-state index contributed by atoms with van der Waals surface area (Å²) >= 11 is 0. The van der Waals surface area contributed by atoms with Crippen LogP contribution in [0.3, 0.4) is 0 Å². The zero-order chi connectivity index (χ0) is 12.5. The largest absolute Gasteiger partial charge is 0.369 e. The second-order valence-electron chi connectivity index (χ2n) is 5.97. The molecule has 0 radical (unpaired) electrons. The highest BCUT2D eigenvalue weighted by Gasteiger charge is 2.40. The lowest BCUT2D eigenvalue weighted by Crippen LogP contribution is -2.55. The van der Waals surface area contributed by atoms with E-state index in [0.717, 1.165) is 18.9 Å². The van der Waals surface area contributed by atoms with Crippen LogP contribution >= 0.6 is 0 Å². The van der Waals surface area contributed by atoms with Crippen LogP contribution in [0.25, 0.3) is 0 Å². The maximum atomic E-state index is 12.5. The van der Waals surface area contributed by atoms with Crippen molar-refractivity contribution in [1.82, 2.24) is 4.90 Å². The Morgan fingerprint density at radius 2 is 1.82 bits per heavy atom. The first-order chi connectivity index (χ1) is 8.06. The van der Waals surface area contributed by atoms with E-state index in [1.165, 1.54) is 32.1 Å². The molecule has 1 saturated carbocycles. The number of likely N-dealkylation sites (tertiary alicyclic amines) is 1. The fourth-order valence-electron chi connectivity index (χ4n) is 3.31. The third kappa shape index (κ3) is 2.49. The van der Waals surface area contributed by atoms with Gasteiger partial charge in [0.05, 0.1) is 0 Å². The van der Waals surface area contributed by atoms with Crippen molar-refractivity contribution in [1.29, 1.82) is 0 Å². The molecule has 2 aliphatic rings. The number of ether oxygens (including phenoxy) is 1. The first kappa shape index (κ1) is 12.9. The van der Waals surface area contributed by atoms with Crippen molar-refractivity contribution in [3.63, 3.8) is 0 Å². The number of fused-ring (bicyclic) bond motifs is 1. The molecule has 3 nitrogen and oxygen atoms in total. The number of hydrogen-bond acceptors (Lipinski definition) is 2. The minimum Gasteiger partial charge on any atom is -0.369 e. The van der Waals surface area contributed by atoms with Gasteiger partial charge in [-0.3, -0.25) is 4.79 Å². The summed E-state index contributed by atoms with van der Waals surface area (Å²) in [5.41, 5.74) is -0.667. The standard InChI is InChI=1S/C14H25NO2/c1-14(2,17-3)13(16)15-10-6-8-11-7-4-5-9-12(11)15/h11-12H,4-10H2,1-3H3. The van der Waals surface area contributed by atoms with Crippen LogP contribution < -0.4 is 0 Å². The Balaban J connectivity index is 2.11. The number of hydrogen-bond donors (Lipinski definition) is 0. The summed E-state index contributed by atoms with van der Waals surface area (Å²) in [5.74, 6) is 0.922. The van der Waals surface area contributed by atoms with Crippen LogP contribution in [-0.2, 0) is 9.53 Å². The second-order valence-corrected chi connectivity index (χ2v) is 5.97. The number of carbonyl (C=O) groups is 1. The lowest BCUT2D eigenvalue weighted by atomic mass is 9.78. The molecule has 0 aromatic rings. The molecule has 1 saturated heterocycles. The molecule has 1 aliphatic heterocycles. The van der Waals surface area contributed by atoms with Crippen molar-refractivity contribution in [2.75, 3.05) is 13.7 Å². The summed E-state index contributed by atoms with van der Waals surface area (Å²) in [6.07, 6.45) is 7.59. The lowest BCUT2D eigenvalue weighted by molar-refractivity contribution is -0.157. The predicted molar refractivity (Wildman–Crippen MR) is 67.8 cm³/mol. The van der Waals surface area contributed by atoms with Crippen LogP contribution in [0.15, 0.2) is 0 Å². The molecular weight excluding hydrogens is 214 g/mol. The Kier molecular flexibility index (Phi) is 3.76. The summed E-state index contributed by atoms with van der Waals surface area (Å²) in [6, 6.07) is 0.486. The van der Waals surface area contributed by atoms with E-state index in [-0.39, 0.29) is 5.91 Å². The highest BCUT2D eigenvalue weighted by molar-refractivity contribution is 5.84. The van der Waals surface area contributed by atoms with Crippen molar-refractivity contribution in [2.45, 2.75) is 64.0 Å². The highest BCUT2D eigenvalue weighted by atomic mass is 16.5. The summed E-state index contributed by atoms with van der Waals surface area (Å²) in [7, 11) is 1.63. The smallest absolute Gasteiger partial charge is 0.254 e. The van der Waals surface area contributed by atoms with Gasteiger partial charge in [0.1, 0.15) is 5.60 Å². The summed E-state index contributed by atoms with van der Waals surface area (Å²) in [4.78, 5) is 14.6. The highest BCUT2D eigenvalue weighted by Crippen LogP contribution is 2.36. The van der Waals surface area contributed by atoms with Crippen molar-refractivity contribution in [3.05, 3.63) is 0 Å². The Labute approximate surface area is 105 Å². The minimum atomic E-state index is -0.667. The van der Waals surface area contributed by atoms with E-state index in [4.69, 9.17) is 4.74 Å². The van der Waals surface area contributed by atoms with E-state index in [1.54, 1.807) is 7.11 Å². The normalized spacial score (nSPS) is 29.9.